The zero-order chi connectivity index (χ0) is 35.2. The summed E-state index contributed by atoms with van der Waals surface area (Å²) in [5.74, 6) is -1.36. The predicted octanol–water partition coefficient (Wildman–Crippen LogP) is 3.73. The van der Waals surface area contributed by atoms with Crippen molar-refractivity contribution in [2.75, 3.05) is 0 Å². The number of benzene rings is 3. The summed E-state index contributed by atoms with van der Waals surface area (Å²) >= 11 is 0. The average Bonchev–Trinajstić information content (AvgIpc) is 3.53. The molecular weight excluding hydrogens is 628 g/mol. The molecule has 3 atom stereocenters. The highest BCUT2D eigenvalue weighted by Crippen LogP contribution is 2.34. The van der Waals surface area contributed by atoms with Crippen molar-refractivity contribution < 1.29 is 38.2 Å². The number of carbonyl (C=O) groups excluding carboxylic acids is 5. The third-order valence-electron chi connectivity index (χ3n) is 7.52. The summed E-state index contributed by atoms with van der Waals surface area (Å²) < 4.78 is 16.5. The Morgan fingerprint density at radius 2 is 1.35 bits per heavy atom. The van der Waals surface area contributed by atoms with Crippen LogP contribution in [0.5, 0.6) is 11.5 Å². The van der Waals surface area contributed by atoms with E-state index in [1.54, 1.807) is 24.3 Å². The van der Waals surface area contributed by atoms with Gasteiger partial charge in [0.05, 0.1) is 0 Å². The number of ether oxygens (including phenoxy) is 3. The Morgan fingerprint density at radius 1 is 0.776 bits per heavy atom. The number of nitrogens with one attached hydrogen (secondary N) is 3. The Labute approximate surface area is 285 Å². The summed E-state index contributed by atoms with van der Waals surface area (Å²) in [6.07, 6.45) is 1.11. The molecule has 0 unspecified atom stereocenters. The minimum absolute atomic E-state index is 0.0213. The van der Waals surface area contributed by atoms with Crippen LogP contribution in [-0.2, 0) is 36.9 Å². The molecule has 258 valence electrons. The van der Waals surface area contributed by atoms with E-state index >= 15 is 0 Å². The first-order chi connectivity index (χ1) is 23.6. The predicted molar refractivity (Wildman–Crippen MR) is 181 cm³/mol. The Morgan fingerprint density at radius 3 is 1.94 bits per heavy atom. The maximum Gasteiger partial charge on any atom is 0.408 e. The van der Waals surface area contributed by atoms with Crippen LogP contribution in [0, 0.1) is 5.92 Å². The molecule has 0 spiro atoms. The molecule has 0 aromatic heterocycles. The standard InChI is InChI=1S/C37H42N4O8/c1-24(2)21-28(41-37(46)47-23-26-13-7-4-8-14-26)35(45)40-29(22-25-11-5-3-6-12-25)34(44)39-27(18-20-33(38)43)17-19-30(42)36-48-31-15-9-10-16-32(31)49-36/h3-17,19,24,27-29,36H,18,20-23H2,1-2H3,(H2,38,43)(H,39,44)(H,40,45)(H,41,46)/b19-17+/t27-,28+,29+/m1/s1. The molecule has 12 heteroatoms. The van der Waals surface area contributed by atoms with Gasteiger partial charge in [-0.15, -0.1) is 0 Å². The molecular formula is C37H42N4O8. The average molecular weight is 671 g/mol. The van der Waals surface area contributed by atoms with Crippen molar-refractivity contribution in [2.45, 2.75) is 70.6 Å². The van der Waals surface area contributed by atoms with Crippen molar-refractivity contribution in [3.63, 3.8) is 0 Å². The van der Waals surface area contributed by atoms with E-state index in [1.807, 2.05) is 74.5 Å². The minimum Gasteiger partial charge on any atom is -0.445 e. The van der Waals surface area contributed by atoms with Gasteiger partial charge in [0, 0.05) is 18.9 Å². The Kier molecular flexibility index (Phi) is 13.3. The van der Waals surface area contributed by atoms with E-state index in [0.717, 1.165) is 11.1 Å². The molecule has 3 aromatic carbocycles. The second-order valence-electron chi connectivity index (χ2n) is 12.0. The van der Waals surface area contributed by atoms with Gasteiger partial charge in [0.1, 0.15) is 18.7 Å². The lowest BCUT2D eigenvalue weighted by molar-refractivity contribution is -0.130. The Bertz CT molecular complexity index is 1590. The molecule has 0 aliphatic carbocycles. The molecule has 49 heavy (non-hydrogen) atoms. The van der Waals surface area contributed by atoms with Crippen molar-refractivity contribution in [3.05, 3.63) is 108 Å². The van der Waals surface area contributed by atoms with Crippen LogP contribution in [0.4, 0.5) is 4.79 Å². The van der Waals surface area contributed by atoms with Crippen molar-refractivity contribution in [3.8, 4) is 11.5 Å². The van der Waals surface area contributed by atoms with Crippen LogP contribution in [0.1, 0.15) is 44.2 Å². The zero-order valence-corrected chi connectivity index (χ0v) is 27.5. The first kappa shape index (κ1) is 36.2. The summed E-state index contributed by atoms with van der Waals surface area (Å²) in [7, 11) is 0. The van der Waals surface area contributed by atoms with Crippen LogP contribution in [0.25, 0.3) is 0 Å². The lowest BCUT2D eigenvalue weighted by Gasteiger charge is -2.25. The molecule has 1 aliphatic rings. The largest absolute Gasteiger partial charge is 0.445 e. The van der Waals surface area contributed by atoms with Gasteiger partial charge in [-0.25, -0.2) is 4.79 Å². The van der Waals surface area contributed by atoms with Crippen LogP contribution >= 0.6 is 0 Å². The Hall–Kier alpha value is -5.65. The molecule has 12 nitrogen and oxygen atoms in total. The lowest BCUT2D eigenvalue weighted by Crippen LogP contribution is -2.55. The topological polar surface area (TPSA) is 175 Å². The number of carbonyl (C=O) groups is 5. The van der Waals surface area contributed by atoms with E-state index in [2.05, 4.69) is 16.0 Å². The van der Waals surface area contributed by atoms with Gasteiger partial charge < -0.3 is 35.9 Å². The van der Waals surface area contributed by atoms with E-state index in [9.17, 15) is 24.0 Å². The van der Waals surface area contributed by atoms with E-state index in [4.69, 9.17) is 19.9 Å². The highest BCUT2D eigenvalue weighted by Gasteiger charge is 2.31. The monoisotopic (exact) mass is 670 g/mol. The molecule has 0 radical (unpaired) electrons. The molecule has 0 saturated heterocycles. The fourth-order valence-corrected chi connectivity index (χ4v) is 5.04. The lowest BCUT2D eigenvalue weighted by atomic mass is 10.0. The number of amides is 4. The SMILES string of the molecule is CC(C)C[C@H](NC(=O)OCc1ccccc1)C(=O)N[C@@H](Cc1ccccc1)C(=O)N[C@H](/C=C/C(=O)C1Oc2ccccc2O1)CCC(N)=O. The highest BCUT2D eigenvalue weighted by atomic mass is 16.7. The fraction of sp³-hybridized carbons (Fsp3) is 0.324. The number of nitrogens with two attached hydrogens (primary N) is 1. The number of para-hydroxylation sites is 2. The van der Waals surface area contributed by atoms with E-state index in [0.29, 0.717) is 11.5 Å². The van der Waals surface area contributed by atoms with Crippen LogP contribution in [0.3, 0.4) is 0 Å². The van der Waals surface area contributed by atoms with Gasteiger partial charge in [-0.2, -0.15) is 0 Å². The number of hydrogen-bond acceptors (Lipinski definition) is 8. The van der Waals surface area contributed by atoms with Gasteiger partial charge in [0.25, 0.3) is 0 Å². The maximum atomic E-state index is 13.8. The maximum absolute atomic E-state index is 13.8. The van der Waals surface area contributed by atoms with Crippen molar-refractivity contribution >= 4 is 29.6 Å². The summed E-state index contributed by atoms with van der Waals surface area (Å²) in [5.41, 5.74) is 6.95. The number of rotatable bonds is 17. The molecule has 5 N–H and O–H groups in total. The molecule has 0 bridgehead atoms. The molecule has 4 amide bonds. The molecule has 1 aliphatic heterocycles. The second kappa shape index (κ2) is 18.0. The van der Waals surface area contributed by atoms with Crippen LogP contribution in [0.2, 0.25) is 0 Å². The molecule has 0 saturated carbocycles. The first-order valence-electron chi connectivity index (χ1n) is 16.1. The van der Waals surface area contributed by atoms with Crippen molar-refractivity contribution in [1.29, 1.82) is 0 Å². The molecule has 3 aromatic rings. The Balaban J connectivity index is 1.46. The van der Waals surface area contributed by atoms with E-state index in [-0.39, 0.29) is 38.2 Å². The number of alkyl carbamates (subject to hydrolysis) is 1. The number of primary amides is 1. The van der Waals surface area contributed by atoms with E-state index < -0.39 is 54.0 Å². The highest BCUT2D eigenvalue weighted by molar-refractivity contribution is 5.94. The van der Waals surface area contributed by atoms with Crippen molar-refractivity contribution in [2.24, 2.45) is 11.7 Å². The van der Waals surface area contributed by atoms with Gasteiger partial charge in [-0.3, -0.25) is 19.2 Å². The second-order valence-corrected chi connectivity index (χ2v) is 12.0. The number of ketones is 1. The quantitative estimate of drug-likeness (QED) is 0.157. The smallest absolute Gasteiger partial charge is 0.408 e. The first-order valence-corrected chi connectivity index (χ1v) is 16.1. The third kappa shape index (κ3) is 11.8. The fourth-order valence-electron chi connectivity index (χ4n) is 5.04. The van der Waals surface area contributed by atoms with Gasteiger partial charge in [-0.1, -0.05) is 92.7 Å². The van der Waals surface area contributed by atoms with Gasteiger partial charge in [0.15, 0.2) is 11.5 Å². The van der Waals surface area contributed by atoms with Crippen LogP contribution in [-0.4, -0.2) is 54.0 Å². The summed E-state index contributed by atoms with van der Waals surface area (Å²) in [6, 6.07) is 22.2. The van der Waals surface area contributed by atoms with Crippen molar-refractivity contribution in [1.82, 2.24) is 16.0 Å². The summed E-state index contributed by atoms with van der Waals surface area (Å²) in [4.78, 5) is 64.7. The minimum atomic E-state index is -1.20. The zero-order valence-electron chi connectivity index (χ0n) is 27.5. The summed E-state index contributed by atoms with van der Waals surface area (Å²) in [5, 5.41) is 8.26. The van der Waals surface area contributed by atoms with Crippen LogP contribution in [0.15, 0.2) is 97.1 Å². The third-order valence-corrected chi connectivity index (χ3v) is 7.52. The van der Waals surface area contributed by atoms with Crippen LogP contribution < -0.4 is 31.2 Å². The molecule has 4 rings (SSSR count). The molecule has 1 heterocycles. The summed E-state index contributed by atoms with van der Waals surface area (Å²) in [6.45, 7) is 3.84. The number of fused-ring (bicyclic) bond motifs is 1. The van der Waals surface area contributed by atoms with E-state index in [1.165, 1.54) is 12.2 Å². The molecule has 0 fully saturated rings. The van der Waals surface area contributed by atoms with Gasteiger partial charge in [-0.05, 0) is 48.1 Å². The van der Waals surface area contributed by atoms with Gasteiger partial charge >= 0.3 is 12.4 Å². The normalized spacial score (nSPS) is 14.1. The number of hydrogen-bond donors (Lipinski definition) is 4. The van der Waals surface area contributed by atoms with Gasteiger partial charge in [0.2, 0.25) is 23.5 Å².